The van der Waals surface area contributed by atoms with E-state index in [1.165, 1.54) is 0 Å². The molecule has 156 valence electrons. The Morgan fingerprint density at radius 1 is 0.967 bits per heavy atom. The van der Waals surface area contributed by atoms with Crippen molar-refractivity contribution in [1.82, 2.24) is 10.2 Å². The fraction of sp³-hybridized carbons (Fsp3) is 0.348. The van der Waals surface area contributed by atoms with E-state index in [4.69, 9.17) is 9.84 Å². The van der Waals surface area contributed by atoms with Crippen LogP contribution in [0.2, 0.25) is 0 Å². The Bertz CT molecular complexity index is 920. The quantitative estimate of drug-likeness (QED) is 0.793. The fourth-order valence-corrected chi connectivity index (χ4v) is 4.28. The van der Waals surface area contributed by atoms with Crippen LogP contribution in [0.25, 0.3) is 11.1 Å². The highest BCUT2D eigenvalue weighted by Gasteiger charge is 2.30. The SMILES string of the molecule is O=C(NCC(=O)N1CCC(C(=O)O)CC1)OCC1c2ccccc2-c2ccccc21. The Morgan fingerprint density at radius 3 is 2.10 bits per heavy atom. The second kappa shape index (κ2) is 8.57. The van der Waals surface area contributed by atoms with Gasteiger partial charge >= 0.3 is 12.1 Å². The number of hydrogen-bond acceptors (Lipinski definition) is 4. The molecule has 1 aliphatic carbocycles. The highest BCUT2D eigenvalue weighted by Crippen LogP contribution is 2.44. The average molecular weight is 408 g/mol. The van der Waals surface area contributed by atoms with E-state index >= 15 is 0 Å². The van der Waals surface area contributed by atoms with E-state index in [0.29, 0.717) is 25.9 Å². The Kier molecular flexibility index (Phi) is 5.70. The Labute approximate surface area is 174 Å². The molecule has 1 saturated heterocycles. The maximum atomic E-state index is 12.3. The molecule has 30 heavy (non-hydrogen) atoms. The number of carboxylic acids is 1. The maximum absolute atomic E-state index is 12.3. The smallest absolute Gasteiger partial charge is 0.407 e. The number of carbonyl (C=O) groups is 3. The number of carbonyl (C=O) groups excluding carboxylic acids is 2. The van der Waals surface area contributed by atoms with Gasteiger partial charge in [-0.15, -0.1) is 0 Å². The number of aliphatic carboxylic acids is 1. The predicted molar refractivity (Wildman–Crippen MR) is 110 cm³/mol. The molecule has 0 bridgehead atoms. The molecule has 0 unspecified atom stereocenters. The summed E-state index contributed by atoms with van der Waals surface area (Å²) in [5, 5.41) is 11.6. The number of alkyl carbamates (subject to hydrolysis) is 1. The monoisotopic (exact) mass is 408 g/mol. The number of ether oxygens (including phenoxy) is 1. The van der Waals surface area contributed by atoms with Crippen molar-refractivity contribution < 1.29 is 24.2 Å². The van der Waals surface area contributed by atoms with Gasteiger partial charge in [0.25, 0.3) is 0 Å². The van der Waals surface area contributed by atoms with Crippen molar-refractivity contribution in [3.8, 4) is 11.1 Å². The number of likely N-dealkylation sites (tertiary alicyclic amines) is 1. The summed E-state index contributed by atoms with van der Waals surface area (Å²) in [4.78, 5) is 37.0. The second-order valence-corrected chi connectivity index (χ2v) is 7.67. The second-order valence-electron chi connectivity index (χ2n) is 7.67. The lowest BCUT2D eigenvalue weighted by atomic mass is 9.97. The van der Waals surface area contributed by atoms with Crippen LogP contribution >= 0.6 is 0 Å². The lowest BCUT2D eigenvalue weighted by Gasteiger charge is -2.30. The number of carboxylic acid groups (broad SMARTS) is 1. The number of nitrogens with one attached hydrogen (secondary N) is 1. The fourth-order valence-electron chi connectivity index (χ4n) is 4.28. The van der Waals surface area contributed by atoms with E-state index < -0.39 is 18.0 Å². The minimum absolute atomic E-state index is 0.0334. The van der Waals surface area contributed by atoms with Crippen molar-refractivity contribution in [2.45, 2.75) is 18.8 Å². The summed E-state index contributed by atoms with van der Waals surface area (Å²) in [5.41, 5.74) is 4.57. The first-order chi connectivity index (χ1) is 14.5. The van der Waals surface area contributed by atoms with Crippen LogP contribution in [-0.2, 0) is 14.3 Å². The van der Waals surface area contributed by atoms with Crippen molar-refractivity contribution in [2.24, 2.45) is 5.92 Å². The molecular formula is C23H24N2O5. The molecule has 0 radical (unpaired) electrons. The Balaban J connectivity index is 1.29. The van der Waals surface area contributed by atoms with Gasteiger partial charge in [0.1, 0.15) is 13.2 Å². The maximum Gasteiger partial charge on any atom is 0.407 e. The zero-order valence-corrected chi connectivity index (χ0v) is 16.5. The van der Waals surface area contributed by atoms with Crippen LogP contribution in [0.4, 0.5) is 4.79 Å². The van der Waals surface area contributed by atoms with E-state index in [2.05, 4.69) is 17.4 Å². The van der Waals surface area contributed by atoms with Crippen LogP contribution in [0.5, 0.6) is 0 Å². The van der Waals surface area contributed by atoms with Crippen molar-refractivity contribution >= 4 is 18.0 Å². The van der Waals surface area contributed by atoms with Gasteiger partial charge in [0.05, 0.1) is 5.92 Å². The number of amides is 2. The van der Waals surface area contributed by atoms with Gasteiger partial charge in [0.15, 0.2) is 0 Å². The van der Waals surface area contributed by atoms with Crippen LogP contribution < -0.4 is 5.32 Å². The van der Waals surface area contributed by atoms with Crippen molar-refractivity contribution in [1.29, 1.82) is 0 Å². The lowest BCUT2D eigenvalue weighted by Crippen LogP contribution is -2.45. The van der Waals surface area contributed by atoms with Gasteiger partial charge in [-0.05, 0) is 35.1 Å². The van der Waals surface area contributed by atoms with E-state index in [1.807, 2.05) is 36.4 Å². The van der Waals surface area contributed by atoms with Gasteiger partial charge in [-0.3, -0.25) is 9.59 Å². The number of fused-ring (bicyclic) bond motifs is 3. The molecule has 7 nitrogen and oxygen atoms in total. The van der Waals surface area contributed by atoms with E-state index in [9.17, 15) is 14.4 Å². The first kappa shape index (κ1) is 19.9. The molecule has 1 aliphatic heterocycles. The van der Waals surface area contributed by atoms with Crippen LogP contribution in [0.15, 0.2) is 48.5 Å². The normalized spacial score (nSPS) is 15.9. The molecular weight excluding hydrogens is 384 g/mol. The van der Waals surface area contributed by atoms with Gasteiger partial charge in [-0.2, -0.15) is 0 Å². The summed E-state index contributed by atoms with van der Waals surface area (Å²) in [5.74, 6) is -1.48. The minimum atomic E-state index is -0.820. The molecule has 0 aromatic heterocycles. The minimum Gasteiger partial charge on any atom is -0.481 e. The summed E-state index contributed by atoms with van der Waals surface area (Å²) in [7, 11) is 0. The number of rotatable bonds is 5. The zero-order valence-electron chi connectivity index (χ0n) is 16.5. The van der Waals surface area contributed by atoms with E-state index in [-0.39, 0.29) is 25.0 Å². The largest absolute Gasteiger partial charge is 0.481 e. The third-order valence-electron chi connectivity index (χ3n) is 5.92. The van der Waals surface area contributed by atoms with Crippen LogP contribution in [0, 0.1) is 5.92 Å². The molecule has 2 aromatic carbocycles. The lowest BCUT2D eigenvalue weighted by molar-refractivity contribution is -0.145. The predicted octanol–water partition coefficient (Wildman–Crippen LogP) is 2.85. The molecule has 7 heteroatoms. The number of benzene rings is 2. The van der Waals surface area contributed by atoms with Gasteiger partial charge in [0, 0.05) is 19.0 Å². The molecule has 0 saturated carbocycles. The highest BCUT2D eigenvalue weighted by molar-refractivity contribution is 5.83. The standard InChI is InChI=1S/C23H24N2O5/c26-21(25-11-9-15(10-12-25)22(27)28)13-24-23(29)30-14-20-18-7-3-1-5-16(18)17-6-2-4-8-19(17)20/h1-8,15,20H,9-14H2,(H,24,29)(H,27,28). The molecule has 0 spiro atoms. The first-order valence-electron chi connectivity index (χ1n) is 10.1. The van der Waals surface area contributed by atoms with E-state index in [0.717, 1.165) is 22.3 Å². The summed E-state index contributed by atoms with van der Waals surface area (Å²) in [6, 6.07) is 16.2. The summed E-state index contributed by atoms with van der Waals surface area (Å²) in [6.45, 7) is 0.816. The summed E-state index contributed by atoms with van der Waals surface area (Å²) < 4.78 is 5.43. The number of nitrogens with zero attached hydrogens (tertiary/aromatic N) is 1. The van der Waals surface area contributed by atoms with Crippen molar-refractivity contribution in [2.75, 3.05) is 26.2 Å². The number of hydrogen-bond donors (Lipinski definition) is 2. The third-order valence-corrected chi connectivity index (χ3v) is 5.92. The molecule has 2 N–H and O–H groups in total. The Hall–Kier alpha value is -3.35. The molecule has 1 fully saturated rings. The van der Waals surface area contributed by atoms with Crippen LogP contribution in [0.3, 0.4) is 0 Å². The molecule has 2 amide bonds. The average Bonchev–Trinajstić information content (AvgIpc) is 3.10. The molecule has 4 rings (SSSR count). The highest BCUT2D eigenvalue weighted by atomic mass is 16.5. The van der Waals surface area contributed by atoms with Gasteiger partial charge in [0.2, 0.25) is 5.91 Å². The number of piperidine rings is 1. The van der Waals surface area contributed by atoms with Crippen LogP contribution in [-0.4, -0.2) is 54.2 Å². The molecule has 0 atom stereocenters. The first-order valence-corrected chi connectivity index (χ1v) is 10.1. The molecule has 1 heterocycles. The third kappa shape index (κ3) is 4.01. The van der Waals surface area contributed by atoms with E-state index in [1.54, 1.807) is 4.90 Å². The zero-order chi connectivity index (χ0) is 21.1. The van der Waals surface area contributed by atoms with Gasteiger partial charge in [-0.1, -0.05) is 48.5 Å². The molecule has 2 aliphatic rings. The van der Waals surface area contributed by atoms with Crippen molar-refractivity contribution in [3.05, 3.63) is 59.7 Å². The topological polar surface area (TPSA) is 95.9 Å². The van der Waals surface area contributed by atoms with Gasteiger partial charge < -0.3 is 20.1 Å². The van der Waals surface area contributed by atoms with Crippen molar-refractivity contribution in [3.63, 3.8) is 0 Å². The molecule has 2 aromatic rings. The summed E-state index contributed by atoms with van der Waals surface area (Å²) in [6.07, 6.45) is 0.239. The Morgan fingerprint density at radius 2 is 1.53 bits per heavy atom. The van der Waals surface area contributed by atoms with Gasteiger partial charge in [-0.25, -0.2) is 4.79 Å². The van der Waals surface area contributed by atoms with Crippen LogP contribution in [0.1, 0.15) is 29.9 Å². The summed E-state index contributed by atoms with van der Waals surface area (Å²) >= 11 is 0.